The largest absolute Gasteiger partial charge is 0.330 e. The van der Waals surface area contributed by atoms with Crippen LogP contribution in [0.1, 0.15) is 69.7 Å². The Morgan fingerprint density at radius 1 is 1.23 bits per heavy atom. The summed E-state index contributed by atoms with van der Waals surface area (Å²) in [5.41, 5.74) is 1.48. The summed E-state index contributed by atoms with van der Waals surface area (Å²) < 4.78 is 0. The summed E-state index contributed by atoms with van der Waals surface area (Å²) in [7, 11) is 0. The molecule has 1 aromatic carbocycles. The van der Waals surface area contributed by atoms with Crippen molar-refractivity contribution in [1.29, 1.82) is 0 Å². The van der Waals surface area contributed by atoms with Crippen molar-refractivity contribution in [1.82, 2.24) is 9.88 Å². The van der Waals surface area contributed by atoms with Gasteiger partial charge in [-0.25, -0.2) is 0 Å². The van der Waals surface area contributed by atoms with Crippen molar-refractivity contribution in [2.24, 2.45) is 5.41 Å². The van der Waals surface area contributed by atoms with Gasteiger partial charge in [0.1, 0.15) is 0 Å². The van der Waals surface area contributed by atoms with Crippen molar-refractivity contribution in [2.75, 3.05) is 0 Å². The molecule has 3 unspecified atom stereocenters. The van der Waals surface area contributed by atoms with Crippen molar-refractivity contribution in [3.63, 3.8) is 0 Å². The number of hydrogen-bond donors (Lipinski definition) is 0. The van der Waals surface area contributed by atoms with Gasteiger partial charge in [-0.3, -0.25) is 9.78 Å². The third-order valence-electron chi connectivity index (χ3n) is 6.36. The van der Waals surface area contributed by atoms with Crippen LogP contribution >= 0.6 is 23.2 Å². The average Bonchev–Trinajstić information content (AvgIpc) is 2.73. The molecule has 1 aromatic heterocycles. The molecule has 30 heavy (non-hydrogen) atoms. The van der Waals surface area contributed by atoms with Gasteiger partial charge in [0, 0.05) is 23.2 Å². The summed E-state index contributed by atoms with van der Waals surface area (Å²) in [4.78, 5) is 20.6. The second-order valence-electron chi connectivity index (χ2n) is 8.45. The van der Waals surface area contributed by atoms with Gasteiger partial charge in [-0.15, -0.1) is 6.58 Å². The number of hydrogen-bond acceptors (Lipinski definition) is 2. The molecule has 0 N–H and O–H groups in total. The second kappa shape index (κ2) is 9.53. The Labute approximate surface area is 190 Å². The summed E-state index contributed by atoms with van der Waals surface area (Å²) in [5.74, 6) is 0.247. The number of pyridine rings is 1. The summed E-state index contributed by atoms with van der Waals surface area (Å²) in [5, 5.41) is 1.29. The Balaban J connectivity index is 2.22. The van der Waals surface area contributed by atoms with E-state index in [1.807, 2.05) is 36.4 Å². The first-order valence-electron chi connectivity index (χ1n) is 10.6. The van der Waals surface area contributed by atoms with E-state index in [2.05, 4.69) is 43.3 Å². The number of allylic oxidation sites excluding steroid dienone is 1. The number of rotatable bonds is 7. The van der Waals surface area contributed by atoms with Crippen LogP contribution in [0.15, 0.2) is 55.3 Å². The van der Waals surface area contributed by atoms with Crippen LogP contribution in [0.3, 0.4) is 0 Å². The van der Waals surface area contributed by atoms with E-state index in [4.69, 9.17) is 23.2 Å². The molecule has 5 heteroatoms. The van der Waals surface area contributed by atoms with Crippen LogP contribution in [0.5, 0.6) is 0 Å². The minimum absolute atomic E-state index is 0.0700. The number of likely N-dealkylation sites (tertiary alicyclic amines) is 1. The van der Waals surface area contributed by atoms with Crippen molar-refractivity contribution in [3.8, 4) is 0 Å². The molecule has 160 valence electrons. The van der Waals surface area contributed by atoms with E-state index in [-0.39, 0.29) is 23.9 Å². The molecule has 3 rings (SSSR count). The van der Waals surface area contributed by atoms with E-state index < -0.39 is 5.41 Å². The van der Waals surface area contributed by atoms with Crippen LogP contribution in [0.4, 0.5) is 0 Å². The van der Waals surface area contributed by atoms with Gasteiger partial charge in [-0.05, 0) is 55.5 Å². The number of carbonyl (C=O) groups is 1. The van der Waals surface area contributed by atoms with Gasteiger partial charge in [0.15, 0.2) is 0 Å². The Hall–Kier alpha value is -1.84. The number of amides is 1. The first-order chi connectivity index (χ1) is 14.3. The SMILES string of the molecule is C=CCC1(C)CC(c2cccc(Cl)c2)C(c2ccc(Cl)cn2)N(C(CC)CC)C1=O. The van der Waals surface area contributed by atoms with Crippen LogP contribution in [-0.4, -0.2) is 21.8 Å². The maximum Gasteiger partial charge on any atom is 0.229 e. The molecule has 0 spiro atoms. The molecule has 2 aromatic rings. The summed E-state index contributed by atoms with van der Waals surface area (Å²) >= 11 is 12.5. The average molecular weight is 445 g/mol. The number of halogens is 2. The molecule has 3 nitrogen and oxygen atoms in total. The lowest BCUT2D eigenvalue weighted by Gasteiger charge is -2.51. The molecule has 1 saturated heterocycles. The quantitative estimate of drug-likeness (QED) is 0.422. The van der Waals surface area contributed by atoms with E-state index >= 15 is 0 Å². The topological polar surface area (TPSA) is 33.2 Å². The fourth-order valence-electron chi connectivity index (χ4n) is 4.83. The summed E-state index contributed by atoms with van der Waals surface area (Å²) in [6.07, 6.45) is 6.65. The minimum Gasteiger partial charge on any atom is -0.330 e. The normalized spacial score (nSPS) is 24.3. The number of carbonyl (C=O) groups excluding carboxylic acids is 1. The van der Waals surface area contributed by atoms with Gasteiger partial charge >= 0.3 is 0 Å². The van der Waals surface area contributed by atoms with Gasteiger partial charge in [0.2, 0.25) is 5.91 Å². The smallest absolute Gasteiger partial charge is 0.229 e. The fourth-order valence-corrected chi connectivity index (χ4v) is 5.14. The first-order valence-corrected chi connectivity index (χ1v) is 11.4. The second-order valence-corrected chi connectivity index (χ2v) is 9.32. The molecule has 1 aliphatic heterocycles. The van der Waals surface area contributed by atoms with E-state index in [0.717, 1.165) is 24.1 Å². The molecule has 1 aliphatic rings. The van der Waals surface area contributed by atoms with Gasteiger partial charge in [0.25, 0.3) is 0 Å². The maximum absolute atomic E-state index is 13.9. The lowest BCUT2D eigenvalue weighted by Crippen LogP contribution is -2.55. The molecule has 1 fully saturated rings. The Morgan fingerprint density at radius 2 is 1.97 bits per heavy atom. The molecular weight excluding hydrogens is 415 g/mol. The molecule has 1 amide bonds. The third kappa shape index (κ3) is 4.43. The molecule has 0 bridgehead atoms. The fraction of sp³-hybridized carbons (Fsp3) is 0.440. The van der Waals surface area contributed by atoms with Crippen LogP contribution in [0, 0.1) is 5.41 Å². The lowest BCUT2D eigenvalue weighted by molar-refractivity contribution is -0.154. The molecule has 3 atom stereocenters. The van der Waals surface area contributed by atoms with Crippen molar-refractivity contribution < 1.29 is 4.79 Å². The van der Waals surface area contributed by atoms with E-state index in [1.54, 1.807) is 6.20 Å². The number of aromatic nitrogens is 1. The molecule has 0 aliphatic carbocycles. The zero-order valence-electron chi connectivity index (χ0n) is 17.9. The van der Waals surface area contributed by atoms with Crippen molar-refractivity contribution in [3.05, 3.63) is 76.6 Å². The number of benzene rings is 1. The Kier molecular flexibility index (Phi) is 7.26. The predicted molar refractivity (Wildman–Crippen MR) is 125 cm³/mol. The number of nitrogens with zero attached hydrogens (tertiary/aromatic N) is 2. The van der Waals surface area contributed by atoms with E-state index in [1.165, 1.54) is 0 Å². The summed E-state index contributed by atoms with van der Waals surface area (Å²) in [6, 6.07) is 11.7. The summed E-state index contributed by atoms with van der Waals surface area (Å²) in [6.45, 7) is 10.3. The van der Waals surface area contributed by atoms with Gasteiger partial charge in [0.05, 0.1) is 22.2 Å². The van der Waals surface area contributed by atoms with Crippen LogP contribution < -0.4 is 0 Å². The first kappa shape index (κ1) is 22.8. The highest BCUT2D eigenvalue weighted by Crippen LogP contribution is 2.52. The van der Waals surface area contributed by atoms with Crippen LogP contribution in [-0.2, 0) is 4.79 Å². The Bertz CT molecular complexity index is 894. The molecule has 0 radical (unpaired) electrons. The highest BCUT2D eigenvalue weighted by Gasteiger charge is 2.51. The molecule has 2 heterocycles. The third-order valence-corrected chi connectivity index (χ3v) is 6.82. The highest BCUT2D eigenvalue weighted by atomic mass is 35.5. The molecular formula is C25H30Cl2N2O. The van der Waals surface area contributed by atoms with E-state index in [9.17, 15) is 4.79 Å². The maximum atomic E-state index is 13.9. The van der Waals surface area contributed by atoms with E-state index in [0.29, 0.717) is 22.9 Å². The zero-order chi connectivity index (χ0) is 21.9. The number of piperidine rings is 1. The standard InChI is InChI=1S/C25H30Cl2N2O/c1-5-13-25(4)15-21(17-9-8-10-18(26)14-17)23(22-12-11-19(27)16-28-22)29(24(25)30)20(6-2)7-3/h5,8-12,14,16,20-21,23H,1,6-7,13,15H2,2-4H3. The minimum atomic E-state index is -0.514. The van der Waals surface area contributed by atoms with Crippen LogP contribution in [0.25, 0.3) is 0 Å². The van der Waals surface area contributed by atoms with Crippen LogP contribution in [0.2, 0.25) is 10.0 Å². The Morgan fingerprint density at radius 3 is 2.53 bits per heavy atom. The predicted octanol–water partition coefficient (Wildman–Crippen LogP) is 7.22. The zero-order valence-corrected chi connectivity index (χ0v) is 19.5. The highest BCUT2D eigenvalue weighted by molar-refractivity contribution is 6.30. The van der Waals surface area contributed by atoms with Gasteiger partial charge < -0.3 is 4.90 Å². The lowest BCUT2D eigenvalue weighted by atomic mass is 9.67. The molecule has 0 saturated carbocycles. The van der Waals surface area contributed by atoms with Gasteiger partial charge in [-0.2, -0.15) is 0 Å². The van der Waals surface area contributed by atoms with Crippen molar-refractivity contribution >= 4 is 29.1 Å². The monoisotopic (exact) mass is 444 g/mol. The van der Waals surface area contributed by atoms with Crippen molar-refractivity contribution in [2.45, 2.75) is 64.5 Å². The van der Waals surface area contributed by atoms with Gasteiger partial charge in [-0.1, -0.05) is 62.2 Å².